The van der Waals surface area contributed by atoms with E-state index in [0.717, 1.165) is 28.0 Å². The molecule has 0 heterocycles. The number of benzene rings is 3. The molecule has 0 aliphatic heterocycles. The van der Waals surface area contributed by atoms with Crippen LogP contribution in [-0.4, -0.2) is 14.2 Å². The van der Waals surface area contributed by atoms with Crippen molar-refractivity contribution in [2.45, 2.75) is 0 Å². The van der Waals surface area contributed by atoms with Gasteiger partial charge >= 0.3 is 0 Å². The molecule has 0 aliphatic carbocycles. The molecule has 0 saturated carbocycles. The van der Waals surface area contributed by atoms with Gasteiger partial charge < -0.3 is 9.47 Å². The monoisotopic (exact) mass is 308 g/mol. The van der Waals surface area contributed by atoms with Gasteiger partial charge in [0, 0.05) is 0 Å². The van der Waals surface area contributed by atoms with Crippen molar-refractivity contribution in [2.75, 3.05) is 14.2 Å². The summed E-state index contributed by atoms with van der Waals surface area (Å²) in [7, 11) is 3.11. The summed E-state index contributed by atoms with van der Waals surface area (Å²) in [5, 5.41) is 0. The number of hydrogen-bond donors (Lipinski definition) is 0. The average molecular weight is 308 g/mol. The van der Waals surface area contributed by atoms with E-state index in [1.807, 2.05) is 54.6 Å². The topological polar surface area (TPSA) is 18.5 Å². The van der Waals surface area contributed by atoms with E-state index < -0.39 is 0 Å². The first-order chi connectivity index (χ1) is 11.2. The van der Waals surface area contributed by atoms with Crippen molar-refractivity contribution in [1.29, 1.82) is 0 Å². The molecule has 0 atom stereocenters. The molecule has 3 aromatic carbocycles. The minimum atomic E-state index is -0.357. The Morgan fingerprint density at radius 1 is 0.609 bits per heavy atom. The van der Waals surface area contributed by atoms with E-state index in [9.17, 15) is 4.39 Å². The van der Waals surface area contributed by atoms with Crippen molar-refractivity contribution in [3.8, 4) is 33.8 Å². The molecule has 3 aromatic rings. The van der Waals surface area contributed by atoms with Crippen LogP contribution in [0.3, 0.4) is 0 Å². The summed E-state index contributed by atoms with van der Waals surface area (Å²) < 4.78 is 23.9. The van der Waals surface area contributed by atoms with Crippen LogP contribution in [0.25, 0.3) is 22.3 Å². The predicted molar refractivity (Wildman–Crippen MR) is 90.4 cm³/mol. The van der Waals surface area contributed by atoms with E-state index in [-0.39, 0.29) is 11.6 Å². The molecule has 2 nitrogen and oxygen atoms in total. The van der Waals surface area contributed by atoms with Gasteiger partial charge in [0.05, 0.1) is 14.2 Å². The first-order valence-electron chi connectivity index (χ1n) is 7.29. The Bertz CT molecular complexity index is 793. The van der Waals surface area contributed by atoms with E-state index >= 15 is 0 Å². The maximum absolute atomic E-state index is 13.8. The third kappa shape index (κ3) is 3.19. The van der Waals surface area contributed by atoms with Crippen molar-refractivity contribution in [2.24, 2.45) is 0 Å². The first-order valence-corrected chi connectivity index (χ1v) is 7.29. The highest BCUT2D eigenvalue weighted by Gasteiger charge is 2.06. The van der Waals surface area contributed by atoms with Crippen LogP contribution in [-0.2, 0) is 0 Å². The summed E-state index contributed by atoms with van der Waals surface area (Å²) in [5.41, 5.74) is 4.00. The molecule has 0 saturated heterocycles. The number of hydrogen-bond acceptors (Lipinski definition) is 2. The molecular weight excluding hydrogens is 291 g/mol. The smallest absolute Gasteiger partial charge is 0.165 e. The molecule has 0 radical (unpaired) electrons. The highest BCUT2D eigenvalue weighted by atomic mass is 19.1. The number of rotatable bonds is 4. The van der Waals surface area contributed by atoms with Crippen LogP contribution in [0.5, 0.6) is 11.5 Å². The van der Waals surface area contributed by atoms with Crippen LogP contribution < -0.4 is 9.47 Å². The zero-order chi connectivity index (χ0) is 16.2. The Labute approximate surface area is 135 Å². The maximum atomic E-state index is 13.8. The van der Waals surface area contributed by atoms with Crippen molar-refractivity contribution < 1.29 is 13.9 Å². The third-order valence-electron chi connectivity index (χ3n) is 3.79. The highest BCUT2D eigenvalue weighted by Crippen LogP contribution is 2.28. The molecule has 0 aromatic heterocycles. The number of ether oxygens (including phenoxy) is 2. The van der Waals surface area contributed by atoms with Crippen molar-refractivity contribution in [1.82, 2.24) is 0 Å². The Kier molecular flexibility index (Phi) is 4.29. The lowest BCUT2D eigenvalue weighted by atomic mass is 10.00. The van der Waals surface area contributed by atoms with E-state index in [1.165, 1.54) is 13.2 Å². The Balaban J connectivity index is 1.87. The Hall–Kier alpha value is -2.81. The SMILES string of the molecule is COc1ccc(-c2ccc(-c3ccc(OC)c(F)c3)cc2)cc1. The summed E-state index contributed by atoms with van der Waals surface area (Å²) in [4.78, 5) is 0. The number of halogens is 1. The zero-order valence-electron chi connectivity index (χ0n) is 13.0. The van der Waals surface area contributed by atoms with Gasteiger partial charge in [0.15, 0.2) is 11.6 Å². The van der Waals surface area contributed by atoms with E-state index in [0.29, 0.717) is 0 Å². The molecule has 0 aliphatic rings. The molecule has 0 spiro atoms. The predicted octanol–water partition coefficient (Wildman–Crippen LogP) is 5.18. The molecule has 116 valence electrons. The van der Waals surface area contributed by atoms with E-state index in [2.05, 4.69) is 0 Å². The third-order valence-corrected chi connectivity index (χ3v) is 3.79. The number of methoxy groups -OCH3 is 2. The minimum absolute atomic E-state index is 0.253. The lowest BCUT2D eigenvalue weighted by Gasteiger charge is -2.07. The summed E-state index contributed by atoms with van der Waals surface area (Å²) >= 11 is 0. The zero-order valence-corrected chi connectivity index (χ0v) is 13.0. The van der Waals surface area contributed by atoms with Crippen molar-refractivity contribution in [3.63, 3.8) is 0 Å². The lowest BCUT2D eigenvalue weighted by molar-refractivity contribution is 0.386. The molecular formula is C20H17FO2. The Morgan fingerprint density at radius 3 is 1.57 bits per heavy atom. The maximum Gasteiger partial charge on any atom is 0.165 e. The second kappa shape index (κ2) is 6.53. The van der Waals surface area contributed by atoms with E-state index in [1.54, 1.807) is 13.2 Å². The van der Waals surface area contributed by atoms with Gasteiger partial charge in [-0.2, -0.15) is 0 Å². The quantitative estimate of drug-likeness (QED) is 0.661. The van der Waals surface area contributed by atoms with Crippen molar-refractivity contribution in [3.05, 3.63) is 72.5 Å². The van der Waals surface area contributed by atoms with Crippen LogP contribution in [0.15, 0.2) is 66.7 Å². The molecule has 23 heavy (non-hydrogen) atoms. The van der Waals surface area contributed by atoms with Gasteiger partial charge in [0.2, 0.25) is 0 Å². The Morgan fingerprint density at radius 2 is 1.09 bits per heavy atom. The van der Waals surface area contributed by atoms with Gasteiger partial charge in [-0.15, -0.1) is 0 Å². The van der Waals surface area contributed by atoms with Gasteiger partial charge in [-0.1, -0.05) is 42.5 Å². The molecule has 0 unspecified atom stereocenters. The highest BCUT2D eigenvalue weighted by molar-refractivity contribution is 5.71. The van der Waals surface area contributed by atoms with Gasteiger partial charge in [-0.3, -0.25) is 0 Å². The van der Waals surface area contributed by atoms with Gasteiger partial charge in [0.1, 0.15) is 5.75 Å². The van der Waals surface area contributed by atoms with Gasteiger partial charge in [-0.25, -0.2) is 4.39 Å². The molecule has 3 rings (SSSR count). The summed E-state index contributed by atoms with van der Waals surface area (Å²) in [6.45, 7) is 0. The van der Waals surface area contributed by atoms with Crippen LogP contribution >= 0.6 is 0 Å². The van der Waals surface area contributed by atoms with Crippen LogP contribution in [0, 0.1) is 5.82 Å². The van der Waals surface area contributed by atoms with E-state index in [4.69, 9.17) is 9.47 Å². The minimum Gasteiger partial charge on any atom is -0.497 e. The fourth-order valence-electron chi connectivity index (χ4n) is 2.48. The normalized spacial score (nSPS) is 10.4. The first kappa shape index (κ1) is 15.1. The standard InChI is InChI=1S/C20H17FO2/c1-22-18-10-7-15(8-11-18)14-3-5-16(6-4-14)17-9-12-20(23-2)19(21)13-17/h3-13H,1-2H3. The van der Waals surface area contributed by atoms with Crippen LogP contribution in [0.4, 0.5) is 4.39 Å². The molecule has 0 fully saturated rings. The fraction of sp³-hybridized carbons (Fsp3) is 0.100. The summed E-state index contributed by atoms with van der Waals surface area (Å²) in [5.74, 6) is 0.729. The molecule has 3 heteroatoms. The largest absolute Gasteiger partial charge is 0.497 e. The molecule has 0 N–H and O–H groups in total. The van der Waals surface area contributed by atoms with Gasteiger partial charge in [0.25, 0.3) is 0 Å². The van der Waals surface area contributed by atoms with Crippen LogP contribution in [0.2, 0.25) is 0 Å². The molecule has 0 amide bonds. The van der Waals surface area contributed by atoms with Gasteiger partial charge in [-0.05, 0) is 46.5 Å². The second-order valence-corrected chi connectivity index (χ2v) is 5.16. The lowest BCUT2D eigenvalue weighted by Crippen LogP contribution is -1.88. The molecule has 0 bridgehead atoms. The van der Waals surface area contributed by atoms with Crippen molar-refractivity contribution >= 4 is 0 Å². The summed E-state index contributed by atoms with van der Waals surface area (Å²) in [6, 6.07) is 20.9. The summed E-state index contributed by atoms with van der Waals surface area (Å²) in [6.07, 6.45) is 0. The van der Waals surface area contributed by atoms with Crippen LogP contribution in [0.1, 0.15) is 0 Å². The average Bonchev–Trinajstić information content (AvgIpc) is 2.62. The second-order valence-electron chi connectivity index (χ2n) is 5.16. The fourth-order valence-corrected chi connectivity index (χ4v) is 2.48.